The number of hydrogen-bond acceptors (Lipinski definition) is 4. The van der Waals surface area contributed by atoms with E-state index in [1.807, 2.05) is 6.92 Å². The third kappa shape index (κ3) is 4.11. The van der Waals surface area contributed by atoms with Gasteiger partial charge in [-0.25, -0.2) is 13.2 Å². The summed E-state index contributed by atoms with van der Waals surface area (Å²) in [6, 6.07) is 9.67. The van der Waals surface area contributed by atoms with Crippen LogP contribution in [0.4, 0.5) is 5.69 Å². The molecule has 3 aromatic rings. The lowest BCUT2D eigenvalue weighted by Crippen LogP contribution is -2.19. The van der Waals surface area contributed by atoms with E-state index in [0.29, 0.717) is 23.4 Å². The molecule has 0 unspecified atom stereocenters. The van der Waals surface area contributed by atoms with E-state index < -0.39 is 9.84 Å². The van der Waals surface area contributed by atoms with E-state index in [-0.39, 0.29) is 27.1 Å². The number of benzene rings is 2. The fraction of sp³-hybridized carbons (Fsp3) is 0.417. The van der Waals surface area contributed by atoms with Crippen LogP contribution in [0.3, 0.4) is 0 Å². The van der Waals surface area contributed by atoms with Crippen molar-refractivity contribution in [1.82, 2.24) is 9.13 Å². The van der Waals surface area contributed by atoms with Crippen LogP contribution in [0.25, 0.3) is 11.0 Å². The number of sulfone groups is 1. The van der Waals surface area contributed by atoms with Gasteiger partial charge in [-0.15, -0.1) is 0 Å². The lowest BCUT2D eigenvalue weighted by atomic mass is 10.0. The first kappa shape index (κ1) is 22.3. The van der Waals surface area contributed by atoms with Gasteiger partial charge in [0.2, 0.25) is 15.7 Å². The summed E-state index contributed by atoms with van der Waals surface area (Å²) in [6.45, 7) is 1.89. The Bertz CT molecular complexity index is 1330. The Morgan fingerprint density at radius 3 is 2.25 bits per heavy atom. The quantitative estimate of drug-likeness (QED) is 0.610. The molecule has 1 aliphatic carbocycles. The predicted molar refractivity (Wildman–Crippen MR) is 125 cm³/mol. The van der Waals surface area contributed by atoms with Crippen LogP contribution in [-0.4, -0.2) is 23.5 Å². The Labute approximate surface area is 188 Å². The maximum atomic E-state index is 13.5. The molecule has 32 heavy (non-hydrogen) atoms. The molecule has 0 radical (unpaired) electrons. The largest absolute Gasteiger partial charge is 0.328 e. The fourth-order valence-electron chi connectivity index (χ4n) is 4.54. The summed E-state index contributed by atoms with van der Waals surface area (Å²) in [7, 11) is -0.680. The van der Waals surface area contributed by atoms with E-state index in [4.69, 9.17) is 0 Å². The van der Waals surface area contributed by atoms with Crippen LogP contribution in [-0.2, 0) is 28.7 Å². The SMILES string of the molecule is Cc1ccc(S(=O)(=O)c2cc3c(cc2NC(=O)CCC2CCCC2)n(C)c(=O)n3C)cc1. The van der Waals surface area contributed by atoms with Crippen molar-refractivity contribution in [2.75, 3.05) is 5.32 Å². The summed E-state index contributed by atoms with van der Waals surface area (Å²) < 4.78 is 29.9. The van der Waals surface area contributed by atoms with Crippen LogP contribution in [0.15, 0.2) is 51.0 Å². The molecule has 1 saturated carbocycles. The van der Waals surface area contributed by atoms with Crippen LogP contribution in [0.2, 0.25) is 0 Å². The van der Waals surface area contributed by atoms with Crippen molar-refractivity contribution in [3.05, 3.63) is 52.4 Å². The molecule has 170 valence electrons. The first-order valence-corrected chi connectivity index (χ1v) is 12.5. The summed E-state index contributed by atoms with van der Waals surface area (Å²) >= 11 is 0. The number of nitrogens with zero attached hydrogens (tertiary/aromatic N) is 2. The van der Waals surface area contributed by atoms with E-state index >= 15 is 0 Å². The average Bonchev–Trinajstić information content (AvgIpc) is 3.36. The minimum Gasteiger partial charge on any atom is -0.325 e. The van der Waals surface area contributed by atoms with Gasteiger partial charge in [-0.3, -0.25) is 13.9 Å². The van der Waals surface area contributed by atoms with E-state index in [2.05, 4.69) is 5.32 Å². The number of carbonyl (C=O) groups is 1. The van der Waals surface area contributed by atoms with Gasteiger partial charge in [0, 0.05) is 20.5 Å². The molecule has 1 N–H and O–H groups in total. The Balaban J connectivity index is 1.77. The number of anilines is 1. The Morgan fingerprint density at radius 2 is 1.62 bits per heavy atom. The lowest BCUT2D eigenvalue weighted by Gasteiger charge is -2.14. The normalized spacial score (nSPS) is 14.8. The summed E-state index contributed by atoms with van der Waals surface area (Å²) in [4.78, 5) is 25.3. The Kier molecular flexibility index (Phi) is 5.99. The van der Waals surface area contributed by atoms with Crippen molar-refractivity contribution in [3.63, 3.8) is 0 Å². The molecule has 0 saturated heterocycles. The smallest absolute Gasteiger partial charge is 0.325 e. The van der Waals surface area contributed by atoms with Gasteiger partial charge in [0.15, 0.2) is 0 Å². The van der Waals surface area contributed by atoms with Crippen LogP contribution in [0, 0.1) is 12.8 Å². The molecule has 8 heteroatoms. The molecule has 0 aliphatic heterocycles. The zero-order valence-corrected chi connectivity index (χ0v) is 19.5. The number of imidazole rings is 1. The number of hydrogen-bond donors (Lipinski definition) is 1. The number of aryl methyl sites for hydroxylation is 3. The van der Waals surface area contributed by atoms with Crippen molar-refractivity contribution in [2.24, 2.45) is 20.0 Å². The molecule has 0 spiro atoms. The number of carbonyl (C=O) groups excluding carboxylic acids is 1. The standard InChI is InChI=1S/C24H29N3O4S/c1-16-8-11-18(12-9-16)32(30,31)22-15-21-20(26(2)24(29)27(21)3)14-19(22)25-23(28)13-10-17-6-4-5-7-17/h8-9,11-12,14-15,17H,4-7,10,13H2,1-3H3,(H,25,28). The third-order valence-electron chi connectivity index (χ3n) is 6.52. The Hall–Kier alpha value is -2.87. The summed E-state index contributed by atoms with van der Waals surface area (Å²) in [5.41, 5.74) is 1.95. The minimum atomic E-state index is -3.91. The van der Waals surface area contributed by atoms with Gasteiger partial charge in [-0.05, 0) is 43.5 Å². The first-order valence-electron chi connectivity index (χ1n) is 11.0. The fourth-order valence-corrected chi connectivity index (χ4v) is 5.95. The van der Waals surface area contributed by atoms with Gasteiger partial charge in [0.05, 0.1) is 26.5 Å². The van der Waals surface area contributed by atoms with Crippen LogP contribution in [0.1, 0.15) is 44.1 Å². The molecule has 1 fully saturated rings. The number of rotatable bonds is 6. The third-order valence-corrected chi connectivity index (χ3v) is 8.33. The second-order valence-corrected chi connectivity index (χ2v) is 10.7. The number of amides is 1. The molecular formula is C24H29N3O4S. The van der Waals surface area contributed by atoms with E-state index in [1.165, 1.54) is 28.0 Å². The maximum Gasteiger partial charge on any atom is 0.328 e. The minimum absolute atomic E-state index is 0.00994. The molecule has 0 atom stereocenters. The zero-order valence-electron chi connectivity index (χ0n) is 18.7. The number of aromatic nitrogens is 2. The average molecular weight is 456 g/mol. The topological polar surface area (TPSA) is 90.2 Å². The first-order chi connectivity index (χ1) is 15.2. The highest BCUT2D eigenvalue weighted by Crippen LogP contribution is 2.33. The van der Waals surface area contributed by atoms with Gasteiger partial charge >= 0.3 is 5.69 Å². The highest BCUT2D eigenvalue weighted by molar-refractivity contribution is 7.91. The number of nitrogens with one attached hydrogen (secondary N) is 1. The predicted octanol–water partition coefficient (Wildman–Crippen LogP) is 3.93. The molecule has 1 aromatic heterocycles. The van der Waals surface area contributed by atoms with Crippen molar-refractivity contribution >= 4 is 32.5 Å². The maximum absolute atomic E-state index is 13.5. The summed E-state index contributed by atoms with van der Waals surface area (Å²) in [5, 5.41) is 2.83. The molecule has 4 rings (SSSR count). The highest BCUT2D eigenvalue weighted by Gasteiger charge is 2.25. The van der Waals surface area contributed by atoms with Crippen LogP contribution >= 0.6 is 0 Å². The molecule has 2 aromatic carbocycles. The second kappa shape index (κ2) is 8.58. The second-order valence-electron chi connectivity index (χ2n) is 8.79. The van der Waals surface area contributed by atoms with Crippen molar-refractivity contribution in [2.45, 2.75) is 55.2 Å². The van der Waals surface area contributed by atoms with Gasteiger partial charge in [-0.1, -0.05) is 43.4 Å². The van der Waals surface area contributed by atoms with Gasteiger partial charge < -0.3 is 5.32 Å². The Morgan fingerprint density at radius 1 is 1.03 bits per heavy atom. The van der Waals surface area contributed by atoms with Crippen LogP contribution < -0.4 is 11.0 Å². The summed E-state index contributed by atoms with van der Waals surface area (Å²) in [5.74, 6) is 0.353. The van der Waals surface area contributed by atoms with E-state index in [0.717, 1.165) is 24.8 Å². The van der Waals surface area contributed by atoms with Crippen molar-refractivity contribution < 1.29 is 13.2 Å². The highest BCUT2D eigenvalue weighted by atomic mass is 32.2. The van der Waals surface area contributed by atoms with Gasteiger partial charge in [0.25, 0.3) is 0 Å². The molecule has 0 bridgehead atoms. The summed E-state index contributed by atoms with van der Waals surface area (Å²) in [6.07, 6.45) is 5.88. The van der Waals surface area contributed by atoms with Gasteiger partial charge in [0.1, 0.15) is 0 Å². The molecule has 1 aliphatic rings. The van der Waals surface area contributed by atoms with Gasteiger partial charge in [-0.2, -0.15) is 0 Å². The van der Waals surface area contributed by atoms with Crippen molar-refractivity contribution in [1.29, 1.82) is 0 Å². The van der Waals surface area contributed by atoms with E-state index in [1.54, 1.807) is 44.4 Å². The number of fused-ring (bicyclic) bond motifs is 1. The van der Waals surface area contributed by atoms with Crippen LogP contribution in [0.5, 0.6) is 0 Å². The van der Waals surface area contributed by atoms with Crippen molar-refractivity contribution in [3.8, 4) is 0 Å². The molecule has 1 heterocycles. The van der Waals surface area contributed by atoms with E-state index in [9.17, 15) is 18.0 Å². The zero-order chi connectivity index (χ0) is 23.0. The monoisotopic (exact) mass is 455 g/mol. The molecular weight excluding hydrogens is 426 g/mol. The lowest BCUT2D eigenvalue weighted by molar-refractivity contribution is -0.116. The molecule has 7 nitrogen and oxygen atoms in total. The molecule has 1 amide bonds.